The van der Waals surface area contributed by atoms with Crippen LogP contribution in [0.25, 0.3) is 11.3 Å². The van der Waals surface area contributed by atoms with Gasteiger partial charge in [-0.15, -0.1) is 10.2 Å². The Morgan fingerprint density at radius 3 is 2.29 bits per heavy atom. The van der Waals surface area contributed by atoms with E-state index in [2.05, 4.69) is 52.6 Å². The molecule has 1 unspecified atom stereocenters. The van der Waals surface area contributed by atoms with E-state index < -0.39 is 28.9 Å². The number of aromatic nitrogens is 3. The Morgan fingerprint density at radius 1 is 0.883 bits per heavy atom. The highest BCUT2D eigenvalue weighted by Crippen LogP contribution is 2.43. The number of piperidine rings is 1. The van der Waals surface area contributed by atoms with Crippen LogP contribution in [0.15, 0.2) is 72.9 Å². The van der Waals surface area contributed by atoms with Gasteiger partial charge in [0.05, 0.1) is 30.2 Å². The Hall–Kier alpha value is -6.73. The monoisotopic (exact) mass is 1060 g/mol. The van der Waals surface area contributed by atoms with Crippen molar-refractivity contribution in [1.82, 2.24) is 30.3 Å². The van der Waals surface area contributed by atoms with Crippen molar-refractivity contribution in [2.24, 2.45) is 5.41 Å². The highest BCUT2D eigenvalue weighted by molar-refractivity contribution is 6.06. The maximum atomic E-state index is 13.7. The predicted molar refractivity (Wildman–Crippen MR) is 294 cm³/mol. The number of likely N-dealkylation sites (tertiary alicyclic amines) is 1. The molecule has 2 saturated carbocycles. The molecule has 0 spiro atoms. The van der Waals surface area contributed by atoms with Crippen LogP contribution in [0.2, 0.25) is 0 Å². The number of unbranched alkanes of at least 4 members (excludes halogenated alkanes) is 1. The van der Waals surface area contributed by atoms with Crippen LogP contribution in [0.4, 0.5) is 27.7 Å². The largest absolute Gasteiger partial charge is 0.488 e. The lowest BCUT2D eigenvalue weighted by atomic mass is 9.68. The van der Waals surface area contributed by atoms with Crippen LogP contribution < -0.4 is 35.6 Å². The number of fused-ring (bicyclic) bond motifs is 2. The van der Waals surface area contributed by atoms with Crippen molar-refractivity contribution in [3.8, 4) is 22.9 Å². The van der Waals surface area contributed by atoms with E-state index in [0.717, 1.165) is 99.9 Å². The topological polar surface area (TPSA) is 216 Å². The minimum absolute atomic E-state index is 0.0423. The molecule has 77 heavy (non-hydrogen) atoms. The maximum absolute atomic E-state index is 13.7. The molecule has 9 rings (SSSR count). The Labute approximate surface area is 452 Å². The van der Waals surface area contributed by atoms with Crippen molar-refractivity contribution in [1.29, 1.82) is 0 Å². The number of hydrogen-bond acceptors (Lipinski definition) is 16. The minimum atomic E-state index is -1.24. The molecule has 4 N–H and O–H groups in total. The Kier molecular flexibility index (Phi) is 17.4. The van der Waals surface area contributed by atoms with Crippen LogP contribution >= 0.6 is 0 Å². The molecule has 5 fully saturated rings. The number of carbonyl (C=O) groups excluding carboxylic acids is 4. The first-order valence-electron chi connectivity index (χ1n) is 27.7. The van der Waals surface area contributed by atoms with Gasteiger partial charge in [-0.25, -0.2) is 9.78 Å². The highest BCUT2D eigenvalue weighted by Gasteiger charge is 2.53. The highest BCUT2D eigenvalue weighted by atomic mass is 16.6. The molecule has 414 valence electrons. The lowest BCUT2D eigenvalue weighted by Gasteiger charge is -2.43. The van der Waals surface area contributed by atoms with Crippen molar-refractivity contribution >= 4 is 46.8 Å². The number of nitrogen functional groups attached to an aromatic ring is 1. The lowest BCUT2D eigenvalue weighted by Crippen LogP contribution is -2.56. The number of pyridine rings is 1. The average molecular weight is 1060 g/mol. The van der Waals surface area contributed by atoms with Gasteiger partial charge >= 0.3 is 12.1 Å². The van der Waals surface area contributed by atoms with Gasteiger partial charge in [0.25, 0.3) is 0 Å². The van der Waals surface area contributed by atoms with Gasteiger partial charge in [0.2, 0.25) is 17.7 Å². The number of ether oxygens (including phenoxy) is 5. The van der Waals surface area contributed by atoms with Crippen LogP contribution in [0.3, 0.4) is 0 Å². The van der Waals surface area contributed by atoms with Crippen LogP contribution in [0, 0.1) is 5.41 Å². The van der Waals surface area contributed by atoms with E-state index in [4.69, 9.17) is 29.4 Å². The molecule has 19 heteroatoms. The van der Waals surface area contributed by atoms with Crippen molar-refractivity contribution in [2.75, 3.05) is 74.3 Å². The van der Waals surface area contributed by atoms with Gasteiger partial charge < -0.3 is 59.7 Å². The van der Waals surface area contributed by atoms with Gasteiger partial charge in [0.1, 0.15) is 35.5 Å². The van der Waals surface area contributed by atoms with Gasteiger partial charge in [0, 0.05) is 80.3 Å². The molecule has 2 aromatic heterocycles. The van der Waals surface area contributed by atoms with E-state index in [1.807, 2.05) is 95.7 Å². The average Bonchev–Trinajstić information content (AvgIpc) is 3.68. The summed E-state index contributed by atoms with van der Waals surface area (Å²) in [5.41, 5.74) is 9.67. The fraction of sp³-hybridized carbons (Fsp3) is 0.569. The third-order valence-electron chi connectivity index (χ3n) is 15.5. The molecule has 19 nitrogen and oxygen atoms in total. The molecule has 3 atom stereocenters. The zero-order valence-corrected chi connectivity index (χ0v) is 45.7. The first-order valence-corrected chi connectivity index (χ1v) is 27.7. The van der Waals surface area contributed by atoms with E-state index in [9.17, 15) is 19.2 Å². The molecular formula is C58H78N10O9. The van der Waals surface area contributed by atoms with Gasteiger partial charge in [0.15, 0.2) is 5.82 Å². The Morgan fingerprint density at radius 2 is 1.61 bits per heavy atom. The van der Waals surface area contributed by atoms with Crippen LogP contribution in [0.1, 0.15) is 110 Å². The summed E-state index contributed by atoms with van der Waals surface area (Å²) in [6, 6.07) is 21.0. The fourth-order valence-electron chi connectivity index (χ4n) is 11.1. The lowest BCUT2D eigenvalue weighted by molar-refractivity contribution is -0.167. The first kappa shape index (κ1) is 55.0. The number of carbonyl (C=O) groups is 4. The predicted octanol–water partition coefficient (Wildman–Crippen LogP) is 7.77. The first-order chi connectivity index (χ1) is 37.0. The fourth-order valence-corrected chi connectivity index (χ4v) is 11.1. The number of piperazine rings is 1. The number of benzene rings is 2. The summed E-state index contributed by atoms with van der Waals surface area (Å²) in [5, 5.41) is 14.9. The quantitative estimate of drug-likeness (QED) is 0.0413. The summed E-state index contributed by atoms with van der Waals surface area (Å²) in [4.78, 5) is 66.0. The van der Waals surface area contributed by atoms with Gasteiger partial charge in [-0.2, -0.15) is 0 Å². The number of nitrogens with one attached hydrogen (secondary N) is 2. The maximum Gasteiger partial charge on any atom is 0.410 e. The zero-order chi connectivity index (χ0) is 54.3. The summed E-state index contributed by atoms with van der Waals surface area (Å²) in [6.07, 6.45) is 10.8. The van der Waals surface area contributed by atoms with Crippen molar-refractivity contribution < 1.29 is 42.9 Å². The molecule has 3 amide bonds. The second-order valence-electron chi connectivity index (χ2n) is 22.6. The molecule has 2 aliphatic carbocycles. The smallest absolute Gasteiger partial charge is 0.410 e. The number of amides is 3. The SMILES string of the molecule is CCOC(=O)C1(C(=O)N[C@@H](CCCCN(C)C)C(=O)Nc2ccc(COc3ccccc3-c3cc(N4CC5CC[C@H](C4)N5c4ccnc(OC5CC(OC6CCN(C(=O)OC(C)(C)C)CC6)C5)c4)c(N)nn3)cc2)CCC1. The van der Waals surface area contributed by atoms with E-state index in [1.54, 1.807) is 11.8 Å². The number of hydrogen-bond donors (Lipinski definition) is 3. The molecule has 3 aliphatic heterocycles. The zero-order valence-electron chi connectivity index (χ0n) is 45.7. The molecule has 0 radical (unpaired) electrons. The van der Waals surface area contributed by atoms with E-state index >= 15 is 0 Å². The third kappa shape index (κ3) is 13.5. The van der Waals surface area contributed by atoms with Gasteiger partial charge in [-0.3, -0.25) is 14.4 Å². The van der Waals surface area contributed by atoms with Crippen LogP contribution in [-0.4, -0.2) is 144 Å². The molecule has 5 heterocycles. The second-order valence-corrected chi connectivity index (χ2v) is 22.6. The Bertz CT molecular complexity index is 2670. The molecular weight excluding hydrogens is 981 g/mol. The normalized spacial score (nSPS) is 21.4. The summed E-state index contributed by atoms with van der Waals surface area (Å²) < 4.78 is 30.1. The van der Waals surface area contributed by atoms with Gasteiger partial charge in [-0.05, 0) is 148 Å². The summed E-state index contributed by atoms with van der Waals surface area (Å²) >= 11 is 0. The van der Waals surface area contributed by atoms with E-state index in [-0.39, 0.29) is 55.6 Å². The molecule has 2 aromatic carbocycles. The number of anilines is 4. The van der Waals surface area contributed by atoms with Crippen molar-refractivity contribution in [3.63, 3.8) is 0 Å². The number of nitrogens with zero attached hydrogens (tertiary/aromatic N) is 7. The number of rotatable bonds is 21. The van der Waals surface area contributed by atoms with Crippen molar-refractivity contribution in [2.45, 2.75) is 153 Å². The van der Waals surface area contributed by atoms with Crippen molar-refractivity contribution in [3.05, 3.63) is 78.5 Å². The van der Waals surface area contributed by atoms with Gasteiger partial charge in [-0.1, -0.05) is 30.7 Å². The van der Waals surface area contributed by atoms with Crippen LogP contribution in [-0.2, 0) is 35.2 Å². The molecule has 4 aromatic rings. The minimum Gasteiger partial charge on any atom is -0.488 e. The third-order valence-corrected chi connectivity index (χ3v) is 15.5. The van der Waals surface area contributed by atoms with E-state index in [0.29, 0.717) is 61.2 Å². The van der Waals surface area contributed by atoms with E-state index in [1.165, 1.54) is 0 Å². The summed E-state index contributed by atoms with van der Waals surface area (Å²) in [6.45, 7) is 11.5. The number of para-hydroxylation sites is 1. The second kappa shape index (κ2) is 24.3. The number of nitrogens with two attached hydrogens (primary N) is 1. The summed E-state index contributed by atoms with van der Waals surface area (Å²) in [5.74, 6) is 0.315. The summed E-state index contributed by atoms with van der Waals surface area (Å²) in [7, 11) is 4.00. The molecule has 3 saturated heterocycles. The Balaban J connectivity index is 0.770. The van der Waals surface area contributed by atoms with Crippen LogP contribution in [0.5, 0.6) is 11.6 Å². The molecule has 5 aliphatic rings. The number of esters is 1. The molecule has 2 bridgehead atoms. The standard InChI is InChI=1S/C58H78N10O9/c1-7-73-55(71)58(25-12-26-58)54(70)62-47(14-10-11-28-65(5)6)53(69)61-39-18-16-38(17-19-39)37-74-50-15-9-8-13-46(50)48-34-49(52(59)64-63-48)67-35-41-20-21-42(36-67)68(41)40-22-27-60-51(31-40)76-45-32-44(33-45)75-43-23-29-66(30-24-43)56(72)77-57(2,3)4/h8-9,13,15-19,22,27,31,34,41-45,47H,7,10-12,14,20-21,23-26,28-30,32-33,35-37H2,1-6H3,(H2,59,64)(H,61,69)(H,62,70)/t41-,42?,44?,45?,47+/m1/s1.